The molecule has 0 aromatic heterocycles. The molecule has 0 saturated heterocycles. The molecule has 0 rings (SSSR count). The van der Waals surface area contributed by atoms with Gasteiger partial charge >= 0.3 is 0 Å². The number of hydrogen-bond donors (Lipinski definition) is 0. The van der Waals surface area contributed by atoms with E-state index in [-0.39, 0.29) is 0 Å². The zero-order chi connectivity index (χ0) is 9.07. The standard InChI is InChI=1S/C10H21NO/c1-2-3-4-5-6-7-8-9-10-12-11/h2-10H2,1H3. The molecule has 0 N–H and O–H groups in total. The molecular weight excluding hydrogens is 150 g/mol. The monoisotopic (exact) mass is 171 g/mol. The molecule has 72 valence electrons. The molecule has 0 unspecified atom stereocenters. The van der Waals surface area contributed by atoms with Gasteiger partial charge in [0.2, 0.25) is 0 Å². The first kappa shape index (κ1) is 11.9. The Morgan fingerprint density at radius 1 is 0.833 bits per heavy atom. The van der Waals surface area contributed by atoms with Crippen LogP contribution < -0.4 is 5.90 Å². The van der Waals surface area contributed by atoms with Gasteiger partial charge in [0.15, 0.2) is 0 Å². The van der Waals surface area contributed by atoms with Crippen LogP contribution in [0.15, 0.2) is 0 Å². The average Bonchev–Trinajstić information content (AvgIpc) is 2.10. The highest BCUT2D eigenvalue weighted by Gasteiger charge is 1.90. The summed E-state index contributed by atoms with van der Waals surface area (Å²) in [6.07, 6.45) is 10.2. The third kappa shape index (κ3) is 9.92. The van der Waals surface area contributed by atoms with Crippen molar-refractivity contribution in [2.24, 2.45) is 0 Å². The van der Waals surface area contributed by atoms with Crippen LogP contribution in [-0.4, -0.2) is 6.61 Å². The van der Waals surface area contributed by atoms with Crippen LogP contribution in [-0.2, 0) is 4.84 Å². The quantitative estimate of drug-likeness (QED) is 0.387. The molecule has 0 bridgehead atoms. The summed E-state index contributed by atoms with van der Waals surface area (Å²) < 4.78 is 0. The molecule has 0 aromatic carbocycles. The van der Waals surface area contributed by atoms with E-state index in [1.54, 1.807) is 0 Å². The van der Waals surface area contributed by atoms with Crippen LogP contribution in [0.2, 0.25) is 0 Å². The van der Waals surface area contributed by atoms with Crippen LogP contribution >= 0.6 is 0 Å². The molecule has 12 heavy (non-hydrogen) atoms. The second-order valence-corrected chi connectivity index (χ2v) is 3.31. The summed E-state index contributed by atoms with van der Waals surface area (Å²) in [4.78, 5) is 3.99. The van der Waals surface area contributed by atoms with Gasteiger partial charge in [-0.2, -0.15) is 0 Å². The van der Waals surface area contributed by atoms with Crippen molar-refractivity contribution in [3.05, 3.63) is 0 Å². The van der Waals surface area contributed by atoms with Crippen molar-refractivity contribution in [2.45, 2.75) is 58.3 Å². The van der Waals surface area contributed by atoms with Crippen LogP contribution in [0.3, 0.4) is 0 Å². The molecule has 2 heteroatoms. The normalized spacial score (nSPS) is 10.5. The van der Waals surface area contributed by atoms with E-state index in [4.69, 9.17) is 5.90 Å². The zero-order valence-electron chi connectivity index (χ0n) is 8.22. The fraction of sp³-hybridized carbons (Fsp3) is 1.00. The third-order valence-corrected chi connectivity index (χ3v) is 2.09. The number of rotatable bonds is 9. The molecule has 2 radical (unpaired) electrons. The molecule has 0 aliphatic rings. The molecule has 0 heterocycles. The third-order valence-electron chi connectivity index (χ3n) is 2.09. The van der Waals surface area contributed by atoms with Crippen molar-refractivity contribution in [2.75, 3.05) is 6.61 Å². The molecule has 0 spiro atoms. The maximum absolute atomic E-state index is 8.04. The van der Waals surface area contributed by atoms with E-state index in [0.717, 1.165) is 6.42 Å². The Hall–Kier alpha value is -0.0800. The topological polar surface area (TPSA) is 31.5 Å². The molecule has 0 aliphatic carbocycles. The van der Waals surface area contributed by atoms with E-state index in [0.29, 0.717) is 6.61 Å². The second kappa shape index (κ2) is 10.9. The highest BCUT2D eigenvalue weighted by Crippen LogP contribution is 2.07. The predicted octanol–water partition coefficient (Wildman–Crippen LogP) is 3.13. The average molecular weight is 171 g/mol. The smallest absolute Gasteiger partial charge is 0.0720 e. The van der Waals surface area contributed by atoms with Crippen molar-refractivity contribution in [1.82, 2.24) is 5.90 Å². The van der Waals surface area contributed by atoms with Crippen molar-refractivity contribution in [3.63, 3.8) is 0 Å². The Balaban J connectivity index is 2.73. The Morgan fingerprint density at radius 3 is 1.83 bits per heavy atom. The molecular formula is C10H21NO. The van der Waals surface area contributed by atoms with E-state index < -0.39 is 0 Å². The number of unbranched alkanes of at least 4 members (excludes halogenated alkanes) is 7. The molecule has 0 fully saturated rings. The summed E-state index contributed by atoms with van der Waals surface area (Å²) in [7, 11) is 0. The Morgan fingerprint density at radius 2 is 1.33 bits per heavy atom. The van der Waals surface area contributed by atoms with Gasteiger partial charge in [0.05, 0.1) is 6.61 Å². The van der Waals surface area contributed by atoms with Crippen LogP contribution in [0.4, 0.5) is 0 Å². The lowest BCUT2D eigenvalue weighted by molar-refractivity contribution is 0.114. The van der Waals surface area contributed by atoms with E-state index in [9.17, 15) is 0 Å². The maximum Gasteiger partial charge on any atom is 0.0720 e. The Bertz CT molecular complexity index is 66.2. The van der Waals surface area contributed by atoms with Crippen molar-refractivity contribution in [3.8, 4) is 0 Å². The highest BCUT2D eigenvalue weighted by molar-refractivity contribution is 4.45. The molecule has 0 aromatic rings. The van der Waals surface area contributed by atoms with Crippen LogP contribution in [0, 0.1) is 0 Å². The lowest BCUT2D eigenvalue weighted by atomic mass is 10.1. The Labute approximate surface area is 76.4 Å². The van der Waals surface area contributed by atoms with Gasteiger partial charge in [0, 0.05) is 5.90 Å². The van der Waals surface area contributed by atoms with Crippen LogP contribution in [0.25, 0.3) is 0 Å². The first-order valence-corrected chi connectivity index (χ1v) is 5.18. The van der Waals surface area contributed by atoms with E-state index >= 15 is 0 Å². The van der Waals surface area contributed by atoms with Crippen molar-refractivity contribution < 1.29 is 4.84 Å². The highest BCUT2D eigenvalue weighted by atomic mass is 16.6. The molecule has 2 nitrogen and oxygen atoms in total. The van der Waals surface area contributed by atoms with Gasteiger partial charge < -0.3 is 0 Å². The van der Waals surface area contributed by atoms with Gasteiger partial charge in [0.25, 0.3) is 0 Å². The lowest BCUT2D eigenvalue weighted by Gasteiger charge is -1.99. The predicted molar refractivity (Wildman–Crippen MR) is 50.7 cm³/mol. The van der Waals surface area contributed by atoms with Gasteiger partial charge in [-0.05, 0) is 6.42 Å². The number of hydrogen-bond acceptors (Lipinski definition) is 1. The lowest BCUT2D eigenvalue weighted by Crippen LogP contribution is -1.90. The van der Waals surface area contributed by atoms with Gasteiger partial charge in [-0.25, -0.2) is 0 Å². The summed E-state index contributed by atoms with van der Waals surface area (Å²) in [6, 6.07) is 0. The fourth-order valence-electron chi connectivity index (χ4n) is 1.30. The van der Waals surface area contributed by atoms with Gasteiger partial charge in [-0.15, -0.1) is 0 Å². The zero-order valence-corrected chi connectivity index (χ0v) is 8.22. The van der Waals surface area contributed by atoms with Gasteiger partial charge in [-0.1, -0.05) is 51.9 Å². The molecule has 0 atom stereocenters. The van der Waals surface area contributed by atoms with Gasteiger partial charge in [-0.3, -0.25) is 4.84 Å². The maximum atomic E-state index is 8.04. The van der Waals surface area contributed by atoms with Gasteiger partial charge in [0.1, 0.15) is 0 Å². The molecule has 0 saturated carbocycles. The minimum Gasteiger partial charge on any atom is -0.264 e. The van der Waals surface area contributed by atoms with Crippen LogP contribution in [0.5, 0.6) is 0 Å². The summed E-state index contributed by atoms with van der Waals surface area (Å²) in [5.74, 6) is 8.04. The largest absolute Gasteiger partial charge is 0.264 e. The van der Waals surface area contributed by atoms with E-state index in [1.165, 1.54) is 44.9 Å². The van der Waals surface area contributed by atoms with Crippen molar-refractivity contribution >= 4 is 0 Å². The molecule has 0 amide bonds. The second-order valence-electron chi connectivity index (χ2n) is 3.31. The first-order valence-electron chi connectivity index (χ1n) is 5.18. The summed E-state index contributed by atoms with van der Waals surface area (Å²) in [5.41, 5.74) is 0. The summed E-state index contributed by atoms with van der Waals surface area (Å²) in [5, 5.41) is 0. The summed E-state index contributed by atoms with van der Waals surface area (Å²) >= 11 is 0. The number of nitrogens with zero attached hydrogens (tertiary/aromatic N) is 1. The Kier molecular flexibility index (Phi) is 10.8. The van der Waals surface area contributed by atoms with Crippen LogP contribution in [0.1, 0.15) is 58.3 Å². The van der Waals surface area contributed by atoms with E-state index in [1.807, 2.05) is 0 Å². The summed E-state index contributed by atoms with van der Waals surface area (Å²) in [6.45, 7) is 2.73. The molecule has 0 aliphatic heterocycles. The minimum absolute atomic E-state index is 0.495. The van der Waals surface area contributed by atoms with Crippen molar-refractivity contribution in [1.29, 1.82) is 0 Å². The minimum atomic E-state index is 0.495. The fourth-order valence-corrected chi connectivity index (χ4v) is 1.30. The SMILES string of the molecule is CCCCCCCCCCO[N]. The van der Waals surface area contributed by atoms with E-state index in [2.05, 4.69) is 11.8 Å². The first-order chi connectivity index (χ1) is 5.91.